The van der Waals surface area contributed by atoms with E-state index < -0.39 is 0 Å². The van der Waals surface area contributed by atoms with Crippen molar-refractivity contribution in [2.45, 2.75) is 52.5 Å². The Morgan fingerprint density at radius 3 is 2.36 bits per heavy atom. The second kappa shape index (κ2) is 7.24. The molecular weight excluding hydrogens is 174 g/mol. The molecule has 0 spiro atoms. The highest BCUT2D eigenvalue weighted by Gasteiger charge is 2.38. The van der Waals surface area contributed by atoms with Gasteiger partial charge in [0.15, 0.2) is 0 Å². The third kappa shape index (κ3) is 2.96. The average molecular weight is 201 g/mol. The molecule has 0 radical (unpaired) electrons. The predicted octanol–water partition coefficient (Wildman–Crippen LogP) is 2.92. The van der Waals surface area contributed by atoms with Gasteiger partial charge in [-0.15, -0.1) is 0 Å². The van der Waals surface area contributed by atoms with Gasteiger partial charge in [-0.2, -0.15) is 0 Å². The smallest absolute Gasteiger partial charge is 0.0646 e. The van der Waals surface area contributed by atoms with Crippen molar-refractivity contribution in [1.82, 2.24) is 4.90 Å². The fourth-order valence-electron chi connectivity index (χ4n) is 2.42. The highest BCUT2D eigenvalue weighted by atomic mass is 16.5. The maximum Gasteiger partial charge on any atom is 0.0646 e. The van der Waals surface area contributed by atoms with Gasteiger partial charge >= 0.3 is 0 Å². The van der Waals surface area contributed by atoms with Gasteiger partial charge in [-0.05, 0) is 32.4 Å². The van der Waals surface area contributed by atoms with Gasteiger partial charge in [0.25, 0.3) is 0 Å². The molecule has 2 nitrogen and oxygen atoms in total. The Hall–Kier alpha value is -0.0800. The van der Waals surface area contributed by atoms with Crippen molar-refractivity contribution in [2.75, 3.05) is 26.8 Å². The van der Waals surface area contributed by atoms with Crippen LogP contribution < -0.4 is 0 Å². The second-order valence-corrected chi connectivity index (χ2v) is 3.69. The Morgan fingerprint density at radius 2 is 1.93 bits per heavy atom. The molecule has 1 atom stereocenters. The number of hydrogen-bond donors (Lipinski definition) is 0. The van der Waals surface area contributed by atoms with Crippen LogP contribution in [0.15, 0.2) is 0 Å². The molecule has 0 aliphatic carbocycles. The Balaban J connectivity index is 0.000000791. The second-order valence-electron chi connectivity index (χ2n) is 3.69. The molecule has 0 aromatic rings. The summed E-state index contributed by atoms with van der Waals surface area (Å²) in [4.78, 5) is 2.57. The largest absolute Gasteiger partial charge is 0.383 e. The van der Waals surface area contributed by atoms with Crippen molar-refractivity contribution in [3.8, 4) is 0 Å². The Morgan fingerprint density at radius 1 is 1.29 bits per heavy atom. The first kappa shape index (κ1) is 13.9. The van der Waals surface area contributed by atoms with Crippen molar-refractivity contribution >= 4 is 0 Å². The maximum absolute atomic E-state index is 5.31. The van der Waals surface area contributed by atoms with E-state index in [9.17, 15) is 0 Å². The van der Waals surface area contributed by atoms with Crippen LogP contribution in [0, 0.1) is 0 Å². The zero-order valence-electron chi connectivity index (χ0n) is 10.6. The van der Waals surface area contributed by atoms with E-state index in [0.717, 1.165) is 13.2 Å². The molecule has 86 valence electrons. The number of ether oxygens (including phenoxy) is 1. The monoisotopic (exact) mass is 201 g/mol. The summed E-state index contributed by atoms with van der Waals surface area (Å²) in [5.74, 6) is 0. The Bertz CT molecular complexity index is 138. The summed E-state index contributed by atoms with van der Waals surface area (Å²) in [6.45, 7) is 11.8. The van der Waals surface area contributed by atoms with E-state index in [0.29, 0.717) is 5.54 Å². The van der Waals surface area contributed by atoms with Gasteiger partial charge < -0.3 is 4.74 Å². The lowest BCUT2D eigenvalue weighted by atomic mass is 9.94. The summed E-state index contributed by atoms with van der Waals surface area (Å²) in [6, 6.07) is 0. The van der Waals surface area contributed by atoms with Gasteiger partial charge in [0.05, 0.1) is 6.61 Å². The molecule has 0 aromatic heterocycles. The molecule has 0 amide bonds. The number of nitrogens with zero attached hydrogens (tertiary/aromatic N) is 1. The van der Waals surface area contributed by atoms with Gasteiger partial charge in [0, 0.05) is 12.6 Å². The third-order valence-corrected chi connectivity index (χ3v) is 3.19. The minimum Gasteiger partial charge on any atom is -0.383 e. The molecular formula is C12H27NO. The molecule has 14 heavy (non-hydrogen) atoms. The minimum absolute atomic E-state index is 0.365. The van der Waals surface area contributed by atoms with Gasteiger partial charge in [-0.25, -0.2) is 0 Å². The van der Waals surface area contributed by atoms with Crippen molar-refractivity contribution < 1.29 is 4.74 Å². The standard InChI is InChI=1S/C10H21NO.C2H6/c1-4-10(9-12-3)7-6-8-11(10)5-2;1-2/h4-9H2,1-3H3;1-2H3. The SMILES string of the molecule is CC.CCN1CCCC1(CC)COC. The number of likely N-dealkylation sites (tertiary alicyclic amines) is 1. The highest BCUT2D eigenvalue weighted by Crippen LogP contribution is 2.31. The van der Waals surface area contributed by atoms with Gasteiger partial charge in [0.2, 0.25) is 0 Å². The zero-order chi connectivity index (χ0) is 11.0. The summed E-state index contributed by atoms with van der Waals surface area (Å²) < 4.78 is 5.31. The van der Waals surface area contributed by atoms with E-state index >= 15 is 0 Å². The van der Waals surface area contributed by atoms with Crippen LogP contribution in [0.1, 0.15) is 47.0 Å². The molecule has 1 fully saturated rings. The number of rotatable bonds is 4. The van der Waals surface area contributed by atoms with E-state index in [2.05, 4.69) is 18.7 Å². The quantitative estimate of drug-likeness (QED) is 0.693. The van der Waals surface area contributed by atoms with Crippen LogP contribution in [0.25, 0.3) is 0 Å². The number of methoxy groups -OCH3 is 1. The summed E-state index contributed by atoms with van der Waals surface area (Å²) in [5, 5.41) is 0. The van der Waals surface area contributed by atoms with E-state index in [1.165, 1.54) is 25.8 Å². The average Bonchev–Trinajstić information content (AvgIpc) is 2.65. The summed E-state index contributed by atoms with van der Waals surface area (Å²) in [5.41, 5.74) is 0.365. The normalized spacial score (nSPS) is 27.2. The van der Waals surface area contributed by atoms with Crippen molar-refractivity contribution in [2.24, 2.45) is 0 Å². The third-order valence-electron chi connectivity index (χ3n) is 3.19. The first-order valence-corrected chi connectivity index (χ1v) is 6.03. The first-order valence-electron chi connectivity index (χ1n) is 6.03. The molecule has 1 rings (SSSR count). The summed E-state index contributed by atoms with van der Waals surface area (Å²) in [6.07, 6.45) is 3.87. The molecule has 0 saturated carbocycles. The van der Waals surface area contributed by atoms with Gasteiger partial charge in [0.1, 0.15) is 0 Å². The fraction of sp³-hybridized carbons (Fsp3) is 1.00. The Labute approximate surface area is 89.6 Å². The molecule has 1 aliphatic heterocycles. The minimum atomic E-state index is 0.365. The highest BCUT2D eigenvalue weighted by molar-refractivity contribution is 4.94. The predicted molar refractivity (Wildman–Crippen MR) is 62.7 cm³/mol. The van der Waals surface area contributed by atoms with E-state index in [-0.39, 0.29) is 0 Å². The molecule has 1 aliphatic rings. The van der Waals surface area contributed by atoms with Gasteiger partial charge in [-0.3, -0.25) is 4.90 Å². The van der Waals surface area contributed by atoms with Crippen LogP contribution in [0.4, 0.5) is 0 Å². The molecule has 1 saturated heterocycles. The number of likely N-dealkylation sites (N-methyl/N-ethyl adjacent to an activating group) is 1. The van der Waals surface area contributed by atoms with E-state index in [4.69, 9.17) is 4.74 Å². The maximum atomic E-state index is 5.31. The first-order chi connectivity index (χ1) is 6.79. The van der Waals surface area contributed by atoms with Crippen molar-refractivity contribution in [1.29, 1.82) is 0 Å². The van der Waals surface area contributed by atoms with Gasteiger partial charge in [-0.1, -0.05) is 27.7 Å². The molecule has 1 unspecified atom stereocenters. The summed E-state index contributed by atoms with van der Waals surface area (Å²) >= 11 is 0. The van der Waals surface area contributed by atoms with Crippen LogP contribution in [0.2, 0.25) is 0 Å². The van der Waals surface area contributed by atoms with E-state index in [1.807, 2.05) is 21.0 Å². The Kier molecular flexibility index (Phi) is 7.20. The summed E-state index contributed by atoms with van der Waals surface area (Å²) in [7, 11) is 1.81. The number of hydrogen-bond acceptors (Lipinski definition) is 2. The van der Waals surface area contributed by atoms with Crippen LogP contribution in [-0.2, 0) is 4.74 Å². The van der Waals surface area contributed by atoms with Crippen LogP contribution in [-0.4, -0.2) is 37.2 Å². The molecule has 1 heterocycles. The molecule has 2 heteroatoms. The zero-order valence-corrected chi connectivity index (χ0v) is 10.6. The lowest BCUT2D eigenvalue weighted by Crippen LogP contribution is -2.46. The van der Waals surface area contributed by atoms with Crippen LogP contribution >= 0.6 is 0 Å². The van der Waals surface area contributed by atoms with Crippen LogP contribution in [0.5, 0.6) is 0 Å². The topological polar surface area (TPSA) is 12.5 Å². The molecule has 0 bridgehead atoms. The lowest BCUT2D eigenvalue weighted by Gasteiger charge is -2.36. The lowest BCUT2D eigenvalue weighted by molar-refractivity contribution is 0.0381. The van der Waals surface area contributed by atoms with Crippen molar-refractivity contribution in [3.63, 3.8) is 0 Å². The van der Waals surface area contributed by atoms with Crippen LogP contribution in [0.3, 0.4) is 0 Å². The molecule has 0 N–H and O–H groups in total. The molecule has 0 aromatic carbocycles. The van der Waals surface area contributed by atoms with E-state index in [1.54, 1.807) is 0 Å². The fourth-order valence-corrected chi connectivity index (χ4v) is 2.42. The van der Waals surface area contributed by atoms with Crippen molar-refractivity contribution in [3.05, 3.63) is 0 Å².